The van der Waals surface area contributed by atoms with E-state index in [0.29, 0.717) is 60.4 Å². The highest BCUT2D eigenvalue weighted by molar-refractivity contribution is 6.31. The zero-order valence-corrected chi connectivity index (χ0v) is 18.7. The molecule has 2 aliphatic rings. The molecule has 9 heteroatoms. The van der Waals surface area contributed by atoms with E-state index in [1.807, 2.05) is 6.92 Å². The van der Waals surface area contributed by atoms with E-state index in [-0.39, 0.29) is 12.2 Å². The van der Waals surface area contributed by atoms with E-state index in [4.69, 9.17) is 25.8 Å². The van der Waals surface area contributed by atoms with Gasteiger partial charge in [0.05, 0.1) is 26.0 Å². The van der Waals surface area contributed by atoms with Crippen molar-refractivity contribution in [2.75, 3.05) is 44.9 Å². The second kappa shape index (κ2) is 8.97. The molecule has 1 N–H and O–H groups in total. The van der Waals surface area contributed by atoms with Crippen LogP contribution in [0.2, 0.25) is 5.02 Å². The number of methoxy groups -OCH3 is 1. The standard InChI is InChI=1S/C23H25ClN2O6/c1-3-26-18-8-7-16(24)13-17(18)23(29,21(26)27)14-15-5-4-6-19(30-2)20(15)32-22(28)25-9-11-31-12-10-25/h4-8,13,29H,3,9-12,14H2,1-2H3. The summed E-state index contributed by atoms with van der Waals surface area (Å²) in [5.41, 5.74) is -0.363. The van der Waals surface area contributed by atoms with Crippen LogP contribution in [-0.2, 0) is 21.6 Å². The van der Waals surface area contributed by atoms with E-state index in [1.165, 1.54) is 12.0 Å². The minimum Gasteiger partial charge on any atom is -0.493 e. The summed E-state index contributed by atoms with van der Waals surface area (Å²) in [4.78, 5) is 29.0. The molecule has 32 heavy (non-hydrogen) atoms. The summed E-state index contributed by atoms with van der Waals surface area (Å²) >= 11 is 6.18. The van der Waals surface area contributed by atoms with E-state index >= 15 is 0 Å². The summed E-state index contributed by atoms with van der Waals surface area (Å²) in [6, 6.07) is 10.1. The first-order chi connectivity index (χ1) is 15.4. The molecule has 170 valence electrons. The van der Waals surface area contributed by atoms with Crippen molar-refractivity contribution in [3.63, 3.8) is 0 Å². The van der Waals surface area contributed by atoms with Gasteiger partial charge in [-0.1, -0.05) is 23.7 Å². The van der Waals surface area contributed by atoms with Crippen LogP contribution in [0.1, 0.15) is 18.1 Å². The summed E-state index contributed by atoms with van der Waals surface area (Å²) < 4.78 is 16.4. The summed E-state index contributed by atoms with van der Waals surface area (Å²) in [5.74, 6) is 0.0496. The number of halogens is 1. The van der Waals surface area contributed by atoms with Crippen molar-refractivity contribution in [2.24, 2.45) is 0 Å². The SMILES string of the molecule is CCN1C(=O)C(O)(Cc2cccc(OC)c2OC(=O)N2CCOCC2)c2cc(Cl)ccc21. The number of ether oxygens (including phenoxy) is 3. The molecule has 0 aliphatic carbocycles. The van der Waals surface area contributed by atoms with Gasteiger partial charge in [-0.15, -0.1) is 0 Å². The van der Waals surface area contributed by atoms with Gasteiger partial charge in [-0.3, -0.25) is 4.79 Å². The molecule has 8 nitrogen and oxygen atoms in total. The minimum absolute atomic E-state index is 0.113. The smallest absolute Gasteiger partial charge is 0.415 e. The van der Waals surface area contributed by atoms with E-state index in [1.54, 1.807) is 41.3 Å². The largest absolute Gasteiger partial charge is 0.493 e. The van der Waals surface area contributed by atoms with Gasteiger partial charge in [0.25, 0.3) is 5.91 Å². The van der Waals surface area contributed by atoms with Gasteiger partial charge in [0.15, 0.2) is 17.1 Å². The number of fused-ring (bicyclic) bond motifs is 1. The first-order valence-electron chi connectivity index (χ1n) is 10.4. The quantitative estimate of drug-likeness (QED) is 0.738. The van der Waals surface area contributed by atoms with Crippen LogP contribution in [-0.4, -0.2) is 62.0 Å². The molecule has 0 spiro atoms. The van der Waals surface area contributed by atoms with Crippen LogP contribution in [0.5, 0.6) is 11.5 Å². The number of amides is 2. The third-order valence-electron chi connectivity index (χ3n) is 5.80. The van der Waals surface area contributed by atoms with E-state index in [0.717, 1.165) is 0 Å². The fraction of sp³-hybridized carbons (Fsp3) is 0.391. The predicted molar refractivity (Wildman–Crippen MR) is 118 cm³/mol. The number of carbonyl (C=O) groups excluding carboxylic acids is 2. The first kappa shape index (κ1) is 22.4. The molecule has 1 saturated heterocycles. The molecule has 2 heterocycles. The molecule has 0 saturated carbocycles. The Morgan fingerprint density at radius 2 is 2.00 bits per heavy atom. The maximum atomic E-state index is 13.2. The van der Waals surface area contributed by atoms with Crippen molar-refractivity contribution in [2.45, 2.75) is 18.9 Å². The highest BCUT2D eigenvalue weighted by atomic mass is 35.5. The van der Waals surface area contributed by atoms with Gasteiger partial charge in [0.2, 0.25) is 0 Å². The van der Waals surface area contributed by atoms with E-state index < -0.39 is 17.6 Å². The third-order valence-corrected chi connectivity index (χ3v) is 6.03. The van der Waals surface area contributed by atoms with Crippen molar-refractivity contribution in [3.8, 4) is 11.5 Å². The van der Waals surface area contributed by atoms with Crippen molar-refractivity contribution in [1.29, 1.82) is 0 Å². The molecule has 0 bridgehead atoms. The Morgan fingerprint density at radius 1 is 1.25 bits per heavy atom. The fourth-order valence-corrected chi connectivity index (χ4v) is 4.33. The lowest BCUT2D eigenvalue weighted by Gasteiger charge is -2.27. The van der Waals surface area contributed by atoms with Crippen LogP contribution < -0.4 is 14.4 Å². The lowest BCUT2D eigenvalue weighted by atomic mass is 9.88. The van der Waals surface area contributed by atoms with Crippen LogP contribution in [0.3, 0.4) is 0 Å². The molecule has 2 aromatic rings. The van der Waals surface area contributed by atoms with Crippen LogP contribution in [0.25, 0.3) is 0 Å². The second-order valence-electron chi connectivity index (χ2n) is 7.66. The van der Waals surface area contributed by atoms with Gasteiger partial charge in [0, 0.05) is 42.2 Å². The van der Waals surface area contributed by atoms with Crippen molar-refractivity contribution in [3.05, 3.63) is 52.5 Å². The van der Waals surface area contributed by atoms with Crippen molar-refractivity contribution >= 4 is 29.3 Å². The number of carbonyl (C=O) groups is 2. The number of aliphatic hydroxyl groups is 1. The van der Waals surface area contributed by atoms with E-state index in [2.05, 4.69) is 0 Å². The molecule has 0 radical (unpaired) electrons. The Hall–Kier alpha value is -2.81. The summed E-state index contributed by atoms with van der Waals surface area (Å²) in [5, 5.41) is 12.0. The van der Waals surface area contributed by atoms with Gasteiger partial charge in [-0.2, -0.15) is 0 Å². The van der Waals surface area contributed by atoms with Crippen LogP contribution >= 0.6 is 11.6 Å². The second-order valence-corrected chi connectivity index (χ2v) is 8.10. The monoisotopic (exact) mass is 460 g/mol. The molecule has 0 aromatic heterocycles. The van der Waals surface area contributed by atoms with E-state index in [9.17, 15) is 14.7 Å². The average Bonchev–Trinajstić information content (AvgIpc) is 3.01. The Bertz CT molecular complexity index is 1040. The number of anilines is 1. The zero-order valence-electron chi connectivity index (χ0n) is 18.0. The van der Waals surface area contributed by atoms with Crippen LogP contribution in [0, 0.1) is 0 Å². The van der Waals surface area contributed by atoms with Crippen LogP contribution in [0.15, 0.2) is 36.4 Å². The molecule has 2 amide bonds. The van der Waals surface area contributed by atoms with Crippen molar-refractivity contribution in [1.82, 2.24) is 4.90 Å². The Labute approximate surface area is 191 Å². The number of para-hydroxylation sites is 1. The first-order valence-corrected chi connectivity index (χ1v) is 10.8. The lowest BCUT2D eigenvalue weighted by Crippen LogP contribution is -2.43. The molecular weight excluding hydrogens is 436 g/mol. The number of likely N-dealkylation sites (N-methyl/N-ethyl adjacent to an activating group) is 1. The highest BCUT2D eigenvalue weighted by Crippen LogP contribution is 2.45. The number of nitrogens with zero attached hydrogens (tertiary/aromatic N) is 2. The number of rotatable bonds is 5. The van der Waals surface area contributed by atoms with Gasteiger partial charge < -0.3 is 29.1 Å². The zero-order chi connectivity index (χ0) is 22.9. The summed E-state index contributed by atoms with van der Waals surface area (Å²) in [6.07, 6.45) is -0.652. The molecule has 1 unspecified atom stereocenters. The maximum Gasteiger partial charge on any atom is 0.415 e. The molecule has 1 atom stereocenters. The minimum atomic E-state index is -1.86. The van der Waals surface area contributed by atoms with Gasteiger partial charge >= 0.3 is 6.09 Å². The average molecular weight is 461 g/mol. The fourth-order valence-electron chi connectivity index (χ4n) is 4.16. The molecule has 4 rings (SSSR count). The lowest BCUT2D eigenvalue weighted by molar-refractivity contribution is -0.136. The molecule has 2 aliphatic heterocycles. The predicted octanol–water partition coefficient (Wildman–Crippen LogP) is 2.98. The maximum absolute atomic E-state index is 13.2. The Morgan fingerprint density at radius 3 is 2.69 bits per heavy atom. The topological polar surface area (TPSA) is 88.5 Å². The molecule has 2 aromatic carbocycles. The molecular formula is C23H25ClN2O6. The normalized spacial score (nSPS) is 20.3. The molecule has 1 fully saturated rings. The number of benzene rings is 2. The highest BCUT2D eigenvalue weighted by Gasteiger charge is 2.50. The van der Waals surface area contributed by atoms with Gasteiger partial charge in [0.1, 0.15) is 0 Å². The van der Waals surface area contributed by atoms with Gasteiger partial charge in [-0.25, -0.2) is 4.79 Å². The number of morpholine rings is 1. The number of hydrogen-bond acceptors (Lipinski definition) is 6. The van der Waals surface area contributed by atoms with Crippen LogP contribution in [0.4, 0.5) is 10.5 Å². The Kier molecular flexibility index (Phi) is 6.28. The number of hydrogen-bond donors (Lipinski definition) is 1. The van der Waals surface area contributed by atoms with Gasteiger partial charge in [-0.05, 0) is 31.2 Å². The summed E-state index contributed by atoms with van der Waals surface area (Å²) in [7, 11) is 1.47. The summed E-state index contributed by atoms with van der Waals surface area (Å²) in [6.45, 7) is 3.95. The third kappa shape index (κ3) is 3.90. The van der Waals surface area contributed by atoms with Crippen molar-refractivity contribution < 1.29 is 28.9 Å². The Balaban J connectivity index is 1.71.